The lowest BCUT2D eigenvalue weighted by molar-refractivity contribution is -0.121. The molecular weight excluding hydrogens is 336 g/mol. The van der Waals surface area contributed by atoms with Crippen molar-refractivity contribution >= 4 is 28.4 Å². The van der Waals surface area contributed by atoms with Crippen LogP contribution in [0.25, 0.3) is 10.9 Å². The van der Waals surface area contributed by atoms with Crippen LogP contribution >= 0.6 is 11.6 Å². The second-order valence-electron chi connectivity index (χ2n) is 5.85. The van der Waals surface area contributed by atoms with Crippen LogP contribution in [-0.4, -0.2) is 16.0 Å². The Kier molecular flexibility index (Phi) is 5.19. The first-order valence-electron chi connectivity index (χ1n) is 8.22. The van der Waals surface area contributed by atoms with Crippen molar-refractivity contribution in [1.29, 1.82) is 0 Å². The fourth-order valence-electron chi connectivity index (χ4n) is 2.87. The van der Waals surface area contributed by atoms with Crippen LogP contribution in [-0.2, 0) is 4.79 Å². The highest BCUT2D eigenvalue weighted by molar-refractivity contribution is 6.31. The van der Waals surface area contributed by atoms with Gasteiger partial charge in [0.05, 0.1) is 6.04 Å². The summed E-state index contributed by atoms with van der Waals surface area (Å²) in [7, 11) is 0. The maximum absolute atomic E-state index is 12.2. The smallest absolute Gasteiger partial charge is 0.220 e. The Bertz CT molecular complexity index is 911. The molecule has 1 aromatic heterocycles. The number of aromatic nitrogens is 1. The molecule has 0 saturated heterocycles. The van der Waals surface area contributed by atoms with E-state index in [-0.39, 0.29) is 11.7 Å². The highest BCUT2D eigenvalue weighted by Gasteiger charge is 2.23. The molecule has 128 valence electrons. The van der Waals surface area contributed by atoms with E-state index in [9.17, 15) is 9.90 Å². The van der Waals surface area contributed by atoms with Crippen LogP contribution in [0.15, 0.2) is 54.7 Å². The highest BCUT2D eigenvalue weighted by atomic mass is 35.5. The molecule has 0 bridgehead atoms. The van der Waals surface area contributed by atoms with Crippen molar-refractivity contribution in [3.8, 4) is 5.75 Å². The molecule has 0 fully saturated rings. The van der Waals surface area contributed by atoms with Gasteiger partial charge in [0, 0.05) is 28.6 Å². The van der Waals surface area contributed by atoms with Gasteiger partial charge in [0.15, 0.2) is 0 Å². The van der Waals surface area contributed by atoms with Crippen LogP contribution in [0.2, 0.25) is 5.02 Å². The average Bonchev–Trinajstić information content (AvgIpc) is 2.62. The number of nitrogens with zero attached hydrogens (tertiary/aromatic N) is 1. The van der Waals surface area contributed by atoms with E-state index in [1.165, 1.54) is 0 Å². The Balaban J connectivity index is 2.13. The number of hydrogen-bond donors (Lipinski definition) is 2. The van der Waals surface area contributed by atoms with E-state index in [1.54, 1.807) is 18.3 Å². The zero-order valence-corrected chi connectivity index (χ0v) is 14.6. The summed E-state index contributed by atoms with van der Waals surface area (Å²) in [5.41, 5.74) is 1.81. The molecule has 2 N–H and O–H groups in total. The zero-order valence-electron chi connectivity index (χ0n) is 13.9. The van der Waals surface area contributed by atoms with Crippen LogP contribution in [0.1, 0.15) is 36.9 Å². The normalized spacial score (nSPS) is 12.1. The summed E-state index contributed by atoms with van der Waals surface area (Å²) in [4.78, 5) is 16.5. The molecule has 3 rings (SSSR count). The Labute approximate surface area is 151 Å². The third-order valence-electron chi connectivity index (χ3n) is 4.09. The van der Waals surface area contributed by atoms with Gasteiger partial charge in [0.2, 0.25) is 5.91 Å². The Morgan fingerprint density at radius 1 is 1.16 bits per heavy atom. The number of hydrogen-bond acceptors (Lipinski definition) is 3. The van der Waals surface area contributed by atoms with Gasteiger partial charge in [0.1, 0.15) is 11.3 Å². The number of halogens is 1. The summed E-state index contributed by atoms with van der Waals surface area (Å²) in [5, 5.41) is 15.1. The first-order chi connectivity index (χ1) is 12.1. The number of phenols is 1. The van der Waals surface area contributed by atoms with E-state index < -0.39 is 6.04 Å². The molecule has 0 aliphatic carbocycles. The fourth-order valence-corrected chi connectivity index (χ4v) is 3.12. The summed E-state index contributed by atoms with van der Waals surface area (Å²) < 4.78 is 0. The van der Waals surface area contributed by atoms with E-state index >= 15 is 0 Å². The summed E-state index contributed by atoms with van der Waals surface area (Å²) >= 11 is 6.35. The second-order valence-corrected chi connectivity index (χ2v) is 6.26. The van der Waals surface area contributed by atoms with Gasteiger partial charge in [-0.1, -0.05) is 54.9 Å². The molecule has 3 aromatic rings. The van der Waals surface area contributed by atoms with Crippen LogP contribution in [0, 0.1) is 0 Å². The maximum atomic E-state index is 12.2. The Morgan fingerprint density at radius 3 is 2.72 bits per heavy atom. The largest absolute Gasteiger partial charge is 0.505 e. The average molecular weight is 355 g/mol. The molecule has 1 amide bonds. The number of fused-ring (bicyclic) bond motifs is 1. The van der Waals surface area contributed by atoms with Crippen molar-refractivity contribution in [3.63, 3.8) is 0 Å². The number of nitrogens with one attached hydrogen (secondary N) is 1. The minimum Gasteiger partial charge on any atom is -0.505 e. The molecule has 0 radical (unpaired) electrons. The number of carbonyl (C=O) groups is 1. The molecule has 0 saturated carbocycles. The van der Waals surface area contributed by atoms with Crippen LogP contribution in [0.5, 0.6) is 5.75 Å². The van der Waals surface area contributed by atoms with Gasteiger partial charge < -0.3 is 10.4 Å². The van der Waals surface area contributed by atoms with Gasteiger partial charge in [-0.05, 0) is 24.1 Å². The highest BCUT2D eigenvalue weighted by Crippen LogP contribution is 2.36. The third kappa shape index (κ3) is 3.59. The van der Waals surface area contributed by atoms with Gasteiger partial charge in [0.25, 0.3) is 0 Å². The lowest BCUT2D eigenvalue weighted by Crippen LogP contribution is -2.29. The molecule has 4 nitrogen and oxygen atoms in total. The number of rotatable bonds is 5. The van der Waals surface area contributed by atoms with Crippen molar-refractivity contribution in [2.75, 3.05) is 0 Å². The van der Waals surface area contributed by atoms with Crippen molar-refractivity contribution in [1.82, 2.24) is 10.3 Å². The van der Waals surface area contributed by atoms with Crippen molar-refractivity contribution in [2.24, 2.45) is 0 Å². The minimum absolute atomic E-state index is 0.0554. The lowest BCUT2D eigenvalue weighted by atomic mass is 9.96. The molecule has 1 heterocycles. The van der Waals surface area contributed by atoms with E-state index in [0.29, 0.717) is 22.5 Å². The number of aromatic hydroxyl groups is 1. The minimum atomic E-state index is -0.542. The zero-order chi connectivity index (χ0) is 17.8. The monoisotopic (exact) mass is 354 g/mol. The SMILES string of the molecule is CCCC(=O)N[C@@H](c1ccccc1Cl)c1ccc2cccnc2c1O. The van der Waals surface area contributed by atoms with Gasteiger partial charge >= 0.3 is 0 Å². The molecule has 0 aliphatic rings. The number of pyridine rings is 1. The molecule has 5 heteroatoms. The summed E-state index contributed by atoms with van der Waals surface area (Å²) in [6.45, 7) is 1.95. The van der Waals surface area contributed by atoms with Gasteiger partial charge in [-0.3, -0.25) is 9.78 Å². The fraction of sp³-hybridized carbons (Fsp3) is 0.200. The molecule has 0 spiro atoms. The van der Waals surface area contributed by atoms with Gasteiger partial charge in [-0.2, -0.15) is 0 Å². The molecule has 2 aromatic carbocycles. The second kappa shape index (κ2) is 7.53. The number of carbonyl (C=O) groups excluding carboxylic acids is 1. The molecule has 0 aliphatic heterocycles. The lowest BCUT2D eigenvalue weighted by Gasteiger charge is -2.22. The standard InChI is InChI=1S/C20H19ClN2O2/c1-2-6-17(24)23-19(14-8-3-4-9-16(14)21)15-11-10-13-7-5-12-22-18(13)20(15)25/h3-5,7-12,19,25H,2,6H2,1H3,(H,23,24)/t19-/m0/s1. The number of phenolic OH excluding ortho intramolecular Hbond substituents is 1. The van der Waals surface area contributed by atoms with Crippen LogP contribution in [0.4, 0.5) is 0 Å². The van der Waals surface area contributed by atoms with E-state index in [0.717, 1.165) is 17.4 Å². The number of benzene rings is 2. The van der Waals surface area contributed by atoms with E-state index in [4.69, 9.17) is 11.6 Å². The van der Waals surface area contributed by atoms with Crippen molar-refractivity contribution < 1.29 is 9.90 Å². The van der Waals surface area contributed by atoms with Crippen LogP contribution in [0.3, 0.4) is 0 Å². The maximum Gasteiger partial charge on any atom is 0.220 e. The van der Waals surface area contributed by atoms with E-state index in [1.807, 2.05) is 43.3 Å². The molecule has 25 heavy (non-hydrogen) atoms. The molecule has 0 unspecified atom stereocenters. The van der Waals surface area contributed by atoms with Gasteiger partial charge in [-0.15, -0.1) is 0 Å². The summed E-state index contributed by atoms with van der Waals surface area (Å²) in [6.07, 6.45) is 2.78. The van der Waals surface area contributed by atoms with Gasteiger partial charge in [-0.25, -0.2) is 0 Å². The first-order valence-corrected chi connectivity index (χ1v) is 8.60. The first kappa shape index (κ1) is 17.2. The van der Waals surface area contributed by atoms with Crippen LogP contribution < -0.4 is 5.32 Å². The predicted molar refractivity (Wildman–Crippen MR) is 99.8 cm³/mol. The predicted octanol–water partition coefficient (Wildman–Crippen LogP) is 4.60. The number of amides is 1. The topological polar surface area (TPSA) is 62.2 Å². The molecular formula is C20H19ClN2O2. The quantitative estimate of drug-likeness (QED) is 0.703. The summed E-state index contributed by atoms with van der Waals surface area (Å²) in [5.74, 6) is -0.0345. The summed E-state index contributed by atoms with van der Waals surface area (Å²) in [6, 6.07) is 14.1. The third-order valence-corrected chi connectivity index (χ3v) is 4.43. The molecule has 1 atom stereocenters. The Morgan fingerprint density at radius 2 is 1.96 bits per heavy atom. The van der Waals surface area contributed by atoms with E-state index in [2.05, 4.69) is 10.3 Å². The van der Waals surface area contributed by atoms with Crippen molar-refractivity contribution in [3.05, 3.63) is 70.9 Å². The Hall–Kier alpha value is -2.59. The van der Waals surface area contributed by atoms with Crippen molar-refractivity contribution in [2.45, 2.75) is 25.8 Å².